The molecule has 4 nitrogen and oxygen atoms in total. The van der Waals surface area contributed by atoms with Gasteiger partial charge in [-0.1, -0.05) is 13.3 Å². The molecule has 0 radical (unpaired) electrons. The first-order chi connectivity index (χ1) is 8.97. The van der Waals surface area contributed by atoms with E-state index in [1.54, 1.807) is 0 Å². The van der Waals surface area contributed by atoms with E-state index in [0.717, 1.165) is 6.54 Å². The van der Waals surface area contributed by atoms with Crippen LogP contribution in [-0.4, -0.2) is 18.5 Å². The third kappa shape index (κ3) is 7.44. The average Bonchev–Trinajstić information content (AvgIpc) is 2.23. The molecule has 116 valence electrons. The molecule has 0 aliphatic carbocycles. The van der Waals surface area contributed by atoms with E-state index >= 15 is 0 Å². The maximum atomic E-state index is 10.7. The van der Waals surface area contributed by atoms with Crippen LogP contribution in [0.4, 0.5) is 13.2 Å². The molecule has 8 heteroatoms. The predicted octanol–water partition coefficient (Wildman–Crippen LogP) is 2.44. The first-order valence-corrected chi connectivity index (χ1v) is 7.37. The minimum atomic E-state index is -6.09. The highest BCUT2D eigenvalue weighted by Gasteiger charge is 2.36. The van der Waals surface area contributed by atoms with Crippen molar-refractivity contribution in [3.8, 4) is 0 Å². The fourth-order valence-corrected chi connectivity index (χ4v) is 1.46. The van der Waals surface area contributed by atoms with Crippen molar-refractivity contribution in [1.29, 1.82) is 0 Å². The monoisotopic (exact) mass is 313 g/mol. The third-order valence-electron chi connectivity index (χ3n) is 2.25. The molecule has 20 heavy (non-hydrogen) atoms. The Kier molecular flexibility index (Phi) is 7.15. The molecule has 1 aromatic rings. The van der Waals surface area contributed by atoms with Gasteiger partial charge in [0.15, 0.2) is 22.5 Å². The summed E-state index contributed by atoms with van der Waals surface area (Å²) in [6.45, 7) is 7.67. The van der Waals surface area contributed by atoms with Crippen molar-refractivity contribution < 1.29 is 30.7 Å². The number of halogens is 3. The molecule has 0 unspecified atom stereocenters. The lowest BCUT2D eigenvalue weighted by molar-refractivity contribution is -0.698. The van der Waals surface area contributed by atoms with Crippen molar-refractivity contribution in [1.82, 2.24) is 0 Å². The van der Waals surface area contributed by atoms with Crippen LogP contribution >= 0.6 is 0 Å². The summed E-state index contributed by atoms with van der Waals surface area (Å²) in [5.41, 5.74) is -2.94. The molecule has 1 heterocycles. The molecule has 0 saturated heterocycles. The standard InChI is InChI=1S/C11H18N.CHF3O3S/c1-4-5-6-12-8-10(2)7-11(3)9-12;2-1(3,4)8(5,6)7/h7-9H,4-6H2,1-3H3;(H,5,6,7)/q+1;/p-1. The van der Waals surface area contributed by atoms with Crippen molar-refractivity contribution >= 4 is 10.1 Å². The summed E-state index contributed by atoms with van der Waals surface area (Å²) in [5.74, 6) is 0. The van der Waals surface area contributed by atoms with E-state index in [0.29, 0.717) is 0 Å². The lowest BCUT2D eigenvalue weighted by atomic mass is 10.2. The van der Waals surface area contributed by atoms with Crippen LogP contribution in [0.2, 0.25) is 0 Å². The summed E-state index contributed by atoms with van der Waals surface area (Å²) in [4.78, 5) is 0. The van der Waals surface area contributed by atoms with Gasteiger partial charge in [0.05, 0.1) is 0 Å². The van der Waals surface area contributed by atoms with E-state index in [1.807, 2.05) is 0 Å². The van der Waals surface area contributed by atoms with E-state index in [4.69, 9.17) is 13.0 Å². The van der Waals surface area contributed by atoms with Gasteiger partial charge in [-0.3, -0.25) is 0 Å². The number of hydrogen-bond donors (Lipinski definition) is 0. The van der Waals surface area contributed by atoms with Gasteiger partial charge in [-0.25, -0.2) is 13.0 Å². The quantitative estimate of drug-likeness (QED) is 0.489. The zero-order valence-electron chi connectivity index (χ0n) is 11.6. The molecule has 1 rings (SSSR count). The van der Waals surface area contributed by atoms with Crippen LogP contribution in [0, 0.1) is 13.8 Å². The van der Waals surface area contributed by atoms with Gasteiger partial charge in [0.25, 0.3) is 0 Å². The Bertz CT molecular complexity index is 507. The first kappa shape index (κ1) is 18.9. The topological polar surface area (TPSA) is 61.1 Å². The van der Waals surface area contributed by atoms with Gasteiger partial charge in [-0.2, -0.15) is 13.2 Å². The molecule has 0 aliphatic rings. The highest BCUT2D eigenvalue weighted by atomic mass is 32.2. The number of rotatable bonds is 3. The molecule has 0 aromatic carbocycles. The summed E-state index contributed by atoms with van der Waals surface area (Å²) in [6, 6.07) is 2.21. The number of alkyl halides is 3. The molecule has 0 bridgehead atoms. The number of hydrogen-bond acceptors (Lipinski definition) is 3. The molecule has 0 spiro atoms. The maximum absolute atomic E-state index is 10.7. The Hall–Kier alpha value is -1.15. The molecule has 0 amide bonds. The smallest absolute Gasteiger partial charge is 0.485 e. The fraction of sp³-hybridized carbons (Fsp3) is 0.583. The highest BCUT2D eigenvalue weighted by Crippen LogP contribution is 2.20. The molecular formula is C12H18F3NO3S. The van der Waals surface area contributed by atoms with Crippen molar-refractivity contribution in [2.75, 3.05) is 0 Å². The lowest BCUT2D eigenvalue weighted by Crippen LogP contribution is -2.33. The van der Waals surface area contributed by atoms with Crippen LogP contribution in [0.3, 0.4) is 0 Å². The second kappa shape index (κ2) is 7.58. The molecule has 0 N–H and O–H groups in total. The molecule has 1 aromatic heterocycles. The fourth-order valence-electron chi connectivity index (χ4n) is 1.46. The Balaban J connectivity index is 0.000000396. The largest absolute Gasteiger partial charge is 0.741 e. The van der Waals surface area contributed by atoms with Gasteiger partial charge in [0.1, 0.15) is 6.54 Å². The van der Waals surface area contributed by atoms with Gasteiger partial charge in [-0.05, 0) is 19.9 Å². The maximum Gasteiger partial charge on any atom is 0.485 e. The Morgan fingerprint density at radius 2 is 1.60 bits per heavy atom. The van der Waals surface area contributed by atoms with Gasteiger partial charge in [0, 0.05) is 17.5 Å². The predicted molar refractivity (Wildman–Crippen MR) is 66.8 cm³/mol. The normalized spacial score (nSPS) is 11.8. The average molecular weight is 313 g/mol. The summed E-state index contributed by atoms with van der Waals surface area (Å²) in [5, 5.41) is 0. The number of aromatic nitrogens is 1. The van der Waals surface area contributed by atoms with Crippen molar-refractivity contribution in [3.05, 3.63) is 29.6 Å². The van der Waals surface area contributed by atoms with Crippen molar-refractivity contribution in [3.63, 3.8) is 0 Å². The van der Waals surface area contributed by atoms with E-state index in [-0.39, 0.29) is 0 Å². The number of unbranched alkanes of at least 4 members (excludes halogenated alkanes) is 1. The third-order valence-corrected chi connectivity index (χ3v) is 2.81. The van der Waals surface area contributed by atoms with E-state index in [1.165, 1.54) is 24.0 Å². The number of pyridine rings is 1. The van der Waals surface area contributed by atoms with Gasteiger partial charge in [0.2, 0.25) is 0 Å². The summed E-state index contributed by atoms with van der Waals surface area (Å²) in [7, 11) is -6.09. The number of nitrogens with zero attached hydrogens (tertiary/aromatic N) is 1. The zero-order valence-corrected chi connectivity index (χ0v) is 12.4. The van der Waals surface area contributed by atoms with E-state index in [2.05, 4.69) is 43.8 Å². The number of aryl methyl sites for hydroxylation is 3. The highest BCUT2D eigenvalue weighted by molar-refractivity contribution is 7.86. The molecule has 0 atom stereocenters. The van der Waals surface area contributed by atoms with Crippen LogP contribution in [0.25, 0.3) is 0 Å². The molecule has 0 fully saturated rings. The van der Waals surface area contributed by atoms with Crippen molar-refractivity contribution in [2.24, 2.45) is 0 Å². The van der Waals surface area contributed by atoms with Crippen LogP contribution in [0.5, 0.6) is 0 Å². The van der Waals surface area contributed by atoms with E-state index < -0.39 is 15.6 Å². The second-order valence-electron chi connectivity index (χ2n) is 4.38. The second-order valence-corrected chi connectivity index (χ2v) is 5.75. The van der Waals surface area contributed by atoms with Crippen molar-refractivity contribution in [2.45, 2.75) is 45.7 Å². The van der Waals surface area contributed by atoms with Crippen LogP contribution in [-0.2, 0) is 16.7 Å². The van der Waals surface area contributed by atoms with E-state index in [9.17, 15) is 13.2 Å². The molecule has 0 aliphatic heterocycles. The minimum Gasteiger partial charge on any atom is -0.741 e. The van der Waals surface area contributed by atoms with Gasteiger partial charge >= 0.3 is 5.51 Å². The lowest BCUT2D eigenvalue weighted by Gasteiger charge is -2.08. The molecular weight excluding hydrogens is 295 g/mol. The SMILES string of the molecule is CCCC[n+]1cc(C)cc(C)c1.O=S(=O)([O-])C(F)(F)F. The van der Waals surface area contributed by atoms with Crippen LogP contribution in [0.15, 0.2) is 18.5 Å². The Morgan fingerprint density at radius 1 is 1.20 bits per heavy atom. The van der Waals surface area contributed by atoms with Gasteiger partial charge in [-0.15, -0.1) is 0 Å². The minimum absolute atomic E-state index is 1.15. The summed E-state index contributed by atoms with van der Waals surface area (Å²) >= 11 is 0. The van der Waals surface area contributed by atoms with Gasteiger partial charge < -0.3 is 4.55 Å². The van der Waals surface area contributed by atoms with Crippen LogP contribution < -0.4 is 4.57 Å². The zero-order chi connectivity index (χ0) is 16.0. The Labute approximate surface area is 117 Å². The summed E-state index contributed by atoms with van der Waals surface area (Å²) < 4.78 is 61.2. The molecule has 0 saturated carbocycles. The summed E-state index contributed by atoms with van der Waals surface area (Å²) in [6.07, 6.45) is 6.96. The first-order valence-electron chi connectivity index (χ1n) is 5.97. The van der Waals surface area contributed by atoms with Crippen LogP contribution in [0.1, 0.15) is 30.9 Å². The Morgan fingerprint density at radius 3 is 1.90 bits per heavy atom.